The van der Waals surface area contributed by atoms with Crippen molar-refractivity contribution in [2.24, 2.45) is 5.41 Å². The number of methoxy groups -OCH3 is 1. The van der Waals surface area contributed by atoms with Gasteiger partial charge in [0.15, 0.2) is 11.5 Å². The van der Waals surface area contributed by atoms with Gasteiger partial charge in [0.1, 0.15) is 18.5 Å². The lowest BCUT2D eigenvalue weighted by atomic mass is 9.81. The number of halogens is 2. The fourth-order valence-electron chi connectivity index (χ4n) is 4.76. The van der Waals surface area contributed by atoms with Crippen LogP contribution in [0.2, 0.25) is 10.0 Å². The highest BCUT2D eigenvalue weighted by Crippen LogP contribution is 2.37. The standard InChI is InChI=1S/C27H29Cl2N7O2/c1-27(13-35(2)3)14-36(15-27)26-16(8-30)5-17(9-34-26)25(32)18-6-24(23(37-4)7-22(18)31)38-12-19-20(28)10-33-11-21(19)29/h5-7,9-11,32H,12-15,31H2,1-4H3. The molecule has 3 heterocycles. The molecular weight excluding hydrogens is 525 g/mol. The maximum Gasteiger partial charge on any atom is 0.162 e. The van der Waals surface area contributed by atoms with Crippen LogP contribution in [0.5, 0.6) is 11.5 Å². The summed E-state index contributed by atoms with van der Waals surface area (Å²) in [5.74, 6) is 1.37. The number of hydrogen-bond donors (Lipinski definition) is 2. The van der Waals surface area contributed by atoms with E-state index in [4.69, 9.17) is 43.8 Å². The van der Waals surface area contributed by atoms with Gasteiger partial charge in [0.05, 0.1) is 28.4 Å². The van der Waals surface area contributed by atoms with E-state index < -0.39 is 0 Å². The SMILES string of the molecule is COc1cc(N)c(C(=N)c2cnc(N3CC(C)(CN(C)C)C3)c(C#N)c2)cc1OCc1c(Cl)cncc1Cl. The lowest BCUT2D eigenvalue weighted by Gasteiger charge is -2.50. The molecule has 0 saturated carbocycles. The highest BCUT2D eigenvalue weighted by Gasteiger charge is 2.40. The van der Waals surface area contributed by atoms with E-state index in [-0.39, 0.29) is 17.7 Å². The molecule has 2 aromatic heterocycles. The number of nitrogens with one attached hydrogen (secondary N) is 1. The fourth-order valence-corrected chi connectivity index (χ4v) is 5.24. The number of anilines is 2. The van der Waals surface area contributed by atoms with Crippen LogP contribution >= 0.6 is 23.2 Å². The molecule has 0 spiro atoms. The Balaban J connectivity index is 1.59. The Hall–Kier alpha value is -3.58. The lowest BCUT2D eigenvalue weighted by molar-refractivity contribution is 0.170. The second-order valence-electron chi connectivity index (χ2n) is 9.95. The largest absolute Gasteiger partial charge is 0.493 e. The fraction of sp³-hybridized carbons (Fsp3) is 0.333. The maximum absolute atomic E-state index is 9.85. The third-order valence-electron chi connectivity index (χ3n) is 6.35. The summed E-state index contributed by atoms with van der Waals surface area (Å²) in [6, 6.07) is 7.13. The molecule has 4 rings (SSSR count). The molecule has 1 aliphatic heterocycles. The van der Waals surface area contributed by atoms with Gasteiger partial charge in [-0.1, -0.05) is 30.1 Å². The molecule has 11 heteroatoms. The number of ether oxygens (including phenoxy) is 2. The molecule has 0 unspecified atom stereocenters. The van der Waals surface area contributed by atoms with Gasteiger partial charge >= 0.3 is 0 Å². The molecule has 3 aromatic rings. The van der Waals surface area contributed by atoms with E-state index in [2.05, 4.69) is 46.9 Å². The minimum absolute atomic E-state index is 0.0602. The molecule has 0 radical (unpaired) electrons. The van der Waals surface area contributed by atoms with Crippen LogP contribution in [0.15, 0.2) is 36.8 Å². The molecule has 9 nitrogen and oxygen atoms in total. The average molecular weight is 554 g/mol. The second-order valence-corrected chi connectivity index (χ2v) is 10.8. The van der Waals surface area contributed by atoms with Crippen LogP contribution in [0.3, 0.4) is 0 Å². The predicted octanol–water partition coefficient (Wildman–Crippen LogP) is 4.63. The summed E-state index contributed by atoms with van der Waals surface area (Å²) in [7, 11) is 5.61. The first-order valence-electron chi connectivity index (χ1n) is 11.8. The first-order valence-corrected chi connectivity index (χ1v) is 12.6. The number of hydrogen-bond acceptors (Lipinski definition) is 9. The van der Waals surface area contributed by atoms with Crippen LogP contribution < -0.4 is 20.1 Å². The second kappa shape index (κ2) is 11.0. The van der Waals surface area contributed by atoms with Crippen molar-refractivity contribution in [2.75, 3.05) is 51.5 Å². The number of benzene rings is 1. The van der Waals surface area contributed by atoms with Crippen LogP contribution in [-0.4, -0.2) is 61.4 Å². The van der Waals surface area contributed by atoms with Crippen molar-refractivity contribution in [1.82, 2.24) is 14.9 Å². The zero-order valence-electron chi connectivity index (χ0n) is 21.7. The first kappa shape index (κ1) is 27.5. The van der Waals surface area contributed by atoms with Crippen LogP contribution in [0, 0.1) is 22.2 Å². The molecule has 1 aliphatic rings. The lowest BCUT2D eigenvalue weighted by Crippen LogP contribution is -2.59. The molecule has 198 valence electrons. The third-order valence-corrected chi connectivity index (χ3v) is 7.00. The topological polar surface area (TPSA) is 124 Å². The smallest absolute Gasteiger partial charge is 0.162 e. The molecule has 38 heavy (non-hydrogen) atoms. The van der Waals surface area contributed by atoms with Crippen molar-refractivity contribution in [3.8, 4) is 17.6 Å². The van der Waals surface area contributed by atoms with Gasteiger partial charge in [-0.3, -0.25) is 10.4 Å². The van der Waals surface area contributed by atoms with Crippen LogP contribution in [0.1, 0.15) is 29.2 Å². The van der Waals surface area contributed by atoms with Gasteiger partial charge in [-0.15, -0.1) is 0 Å². The number of nitrogens with two attached hydrogens (primary N) is 1. The number of rotatable bonds is 9. The summed E-state index contributed by atoms with van der Waals surface area (Å²) in [5, 5.41) is 19.4. The van der Waals surface area contributed by atoms with E-state index in [0.717, 1.165) is 19.6 Å². The minimum atomic E-state index is 0.0602. The minimum Gasteiger partial charge on any atom is -0.493 e. The van der Waals surface area contributed by atoms with Gasteiger partial charge in [0, 0.05) is 72.1 Å². The Morgan fingerprint density at radius 1 is 1.18 bits per heavy atom. The van der Waals surface area contributed by atoms with Crippen LogP contribution in [-0.2, 0) is 6.61 Å². The van der Waals surface area contributed by atoms with Crippen molar-refractivity contribution in [2.45, 2.75) is 13.5 Å². The Labute approximate surface area is 232 Å². The van der Waals surface area contributed by atoms with Crippen molar-refractivity contribution in [3.63, 3.8) is 0 Å². The van der Waals surface area contributed by atoms with Gasteiger partial charge in [-0.25, -0.2) is 4.98 Å². The average Bonchev–Trinajstić information content (AvgIpc) is 2.86. The highest BCUT2D eigenvalue weighted by atomic mass is 35.5. The number of aromatic nitrogens is 2. The van der Waals surface area contributed by atoms with Crippen LogP contribution in [0.25, 0.3) is 0 Å². The Morgan fingerprint density at radius 2 is 1.87 bits per heavy atom. The molecular formula is C27H29Cl2N7O2. The monoisotopic (exact) mass is 553 g/mol. The van der Waals surface area contributed by atoms with Crippen molar-refractivity contribution in [1.29, 1.82) is 10.7 Å². The van der Waals surface area contributed by atoms with Crippen molar-refractivity contribution < 1.29 is 9.47 Å². The van der Waals surface area contributed by atoms with Gasteiger partial charge < -0.3 is 25.0 Å². The van der Waals surface area contributed by atoms with E-state index in [1.165, 1.54) is 19.5 Å². The van der Waals surface area contributed by atoms with Gasteiger partial charge in [-0.05, 0) is 26.2 Å². The highest BCUT2D eigenvalue weighted by molar-refractivity contribution is 6.35. The summed E-state index contributed by atoms with van der Waals surface area (Å²) in [4.78, 5) is 12.8. The van der Waals surface area contributed by atoms with E-state index in [0.29, 0.717) is 55.3 Å². The Morgan fingerprint density at radius 3 is 2.47 bits per heavy atom. The molecule has 0 atom stereocenters. The summed E-state index contributed by atoms with van der Waals surface area (Å²) < 4.78 is 11.4. The predicted molar refractivity (Wildman–Crippen MR) is 150 cm³/mol. The third kappa shape index (κ3) is 5.63. The van der Waals surface area contributed by atoms with Gasteiger partial charge in [0.25, 0.3) is 0 Å². The summed E-state index contributed by atoms with van der Waals surface area (Å²) in [6.45, 7) is 4.85. The Bertz CT molecular complexity index is 1400. The van der Waals surface area contributed by atoms with Crippen LogP contribution in [0.4, 0.5) is 11.5 Å². The quantitative estimate of drug-likeness (QED) is 0.290. The Kier molecular flexibility index (Phi) is 7.97. The van der Waals surface area contributed by atoms with E-state index in [1.54, 1.807) is 24.4 Å². The van der Waals surface area contributed by atoms with Gasteiger partial charge in [-0.2, -0.15) is 5.26 Å². The molecule has 0 amide bonds. The maximum atomic E-state index is 9.85. The summed E-state index contributed by atoms with van der Waals surface area (Å²) in [6.07, 6.45) is 4.57. The zero-order chi connectivity index (χ0) is 27.6. The number of nitriles is 1. The molecule has 1 fully saturated rings. The van der Waals surface area contributed by atoms with Crippen molar-refractivity contribution >= 4 is 40.4 Å². The van der Waals surface area contributed by atoms with E-state index in [1.807, 2.05) is 0 Å². The van der Waals surface area contributed by atoms with E-state index in [9.17, 15) is 5.26 Å². The normalized spacial score (nSPS) is 14.1. The number of nitrogens with zero attached hydrogens (tertiary/aromatic N) is 5. The number of nitrogen functional groups attached to an aromatic ring is 1. The van der Waals surface area contributed by atoms with E-state index >= 15 is 0 Å². The molecule has 0 aliphatic carbocycles. The molecule has 1 saturated heterocycles. The molecule has 0 bridgehead atoms. The molecule has 1 aromatic carbocycles. The zero-order valence-corrected chi connectivity index (χ0v) is 23.2. The first-order chi connectivity index (χ1) is 18.0. The summed E-state index contributed by atoms with van der Waals surface area (Å²) in [5.41, 5.74) is 8.71. The van der Waals surface area contributed by atoms with Gasteiger partial charge in [0.2, 0.25) is 0 Å². The molecule has 3 N–H and O–H groups in total. The summed E-state index contributed by atoms with van der Waals surface area (Å²) >= 11 is 12.4. The van der Waals surface area contributed by atoms with Crippen molar-refractivity contribution in [3.05, 3.63) is 69.1 Å². The number of pyridine rings is 2.